The molecule has 1 unspecified atom stereocenters. The van der Waals surface area contributed by atoms with Crippen LogP contribution in [0.4, 0.5) is 0 Å². The molecule has 120 valence electrons. The summed E-state index contributed by atoms with van der Waals surface area (Å²) in [4.78, 5) is 24.9. The predicted molar refractivity (Wildman–Crippen MR) is 84.4 cm³/mol. The Hall–Kier alpha value is -1.88. The van der Waals surface area contributed by atoms with Crippen LogP contribution in [0.1, 0.15) is 37.7 Å². The van der Waals surface area contributed by atoms with Crippen LogP contribution in [0.5, 0.6) is 0 Å². The Labute approximate surface area is 131 Å². The third kappa shape index (κ3) is 5.15. The van der Waals surface area contributed by atoms with Gasteiger partial charge in [0.25, 0.3) is 0 Å². The lowest BCUT2D eigenvalue weighted by Crippen LogP contribution is -2.43. The number of hydrogen-bond donors (Lipinski definition) is 2. The molecule has 0 radical (unpaired) electrons. The van der Waals surface area contributed by atoms with Crippen LogP contribution in [0.2, 0.25) is 0 Å². The lowest BCUT2D eigenvalue weighted by atomic mass is 10.1. The number of unbranched alkanes of at least 4 members (excludes halogenated alkanes) is 1. The van der Waals surface area contributed by atoms with Gasteiger partial charge in [0.2, 0.25) is 5.91 Å². The van der Waals surface area contributed by atoms with Crippen molar-refractivity contribution in [1.29, 1.82) is 0 Å². The number of likely N-dealkylation sites (tertiary alicyclic amines) is 1. The van der Waals surface area contributed by atoms with Crippen molar-refractivity contribution >= 4 is 11.9 Å². The molecule has 1 aromatic rings. The van der Waals surface area contributed by atoms with Gasteiger partial charge in [0, 0.05) is 19.5 Å². The highest BCUT2D eigenvalue weighted by atomic mass is 16.4. The summed E-state index contributed by atoms with van der Waals surface area (Å²) in [5.74, 6) is -0.708. The SMILES string of the molecule is O=C(O)CCCCNC(=O)C1CCCN1Cc1ccccc1. The summed E-state index contributed by atoms with van der Waals surface area (Å²) >= 11 is 0. The van der Waals surface area contributed by atoms with Crippen LogP contribution in [0.25, 0.3) is 0 Å². The summed E-state index contributed by atoms with van der Waals surface area (Å²) in [5, 5.41) is 11.5. The average molecular weight is 304 g/mol. The molecule has 0 spiro atoms. The number of aliphatic carboxylic acids is 1. The van der Waals surface area contributed by atoms with Crippen LogP contribution in [0.15, 0.2) is 30.3 Å². The highest BCUT2D eigenvalue weighted by Crippen LogP contribution is 2.20. The number of carboxylic acid groups (broad SMARTS) is 1. The van der Waals surface area contributed by atoms with Crippen molar-refractivity contribution in [1.82, 2.24) is 10.2 Å². The van der Waals surface area contributed by atoms with Crippen LogP contribution >= 0.6 is 0 Å². The van der Waals surface area contributed by atoms with Gasteiger partial charge in [0.05, 0.1) is 6.04 Å². The van der Waals surface area contributed by atoms with Crippen molar-refractivity contribution in [3.05, 3.63) is 35.9 Å². The smallest absolute Gasteiger partial charge is 0.303 e. The van der Waals surface area contributed by atoms with Crippen LogP contribution in [-0.4, -0.2) is 41.0 Å². The molecule has 0 aromatic heterocycles. The van der Waals surface area contributed by atoms with E-state index < -0.39 is 5.97 Å². The molecule has 1 aliphatic rings. The van der Waals surface area contributed by atoms with Gasteiger partial charge in [-0.15, -0.1) is 0 Å². The Morgan fingerprint density at radius 3 is 2.73 bits per heavy atom. The van der Waals surface area contributed by atoms with Crippen molar-refractivity contribution in [2.24, 2.45) is 0 Å². The summed E-state index contributed by atoms with van der Waals surface area (Å²) in [6.07, 6.45) is 3.43. The summed E-state index contributed by atoms with van der Waals surface area (Å²) in [7, 11) is 0. The number of hydrogen-bond acceptors (Lipinski definition) is 3. The number of nitrogens with zero attached hydrogens (tertiary/aromatic N) is 1. The highest BCUT2D eigenvalue weighted by Gasteiger charge is 2.30. The van der Waals surface area contributed by atoms with Gasteiger partial charge < -0.3 is 10.4 Å². The predicted octanol–water partition coefficient (Wildman–Crippen LogP) is 2.02. The van der Waals surface area contributed by atoms with Crippen molar-refractivity contribution in [3.63, 3.8) is 0 Å². The lowest BCUT2D eigenvalue weighted by Gasteiger charge is -2.23. The zero-order valence-corrected chi connectivity index (χ0v) is 12.8. The largest absolute Gasteiger partial charge is 0.481 e. The number of amides is 1. The van der Waals surface area contributed by atoms with E-state index in [1.54, 1.807) is 0 Å². The fourth-order valence-electron chi connectivity index (χ4n) is 2.86. The third-order valence-corrected chi connectivity index (χ3v) is 4.01. The first kappa shape index (κ1) is 16.5. The zero-order chi connectivity index (χ0) is 15.8. The van der Waals surface area contributed by atoms with Gasteiger partial charge in [0.1, 0.15) is 0 Å². The van der Waals surface area contributed by atoms with Gasteiger partial charge in [-0.05, 0) is 37.8 Å². The van der Waals surface area contributed by atoms with Gasteiger partial charge >= 0.3 is 5.97 Å². The zero-order valence-electron chi connectivity index (χ0n) is 12.8. The maximum atomic E-state index is 12.3. The molecule has 22 heavy (non-hydrogen) atoms. The van der Waals surface area contributed by atoms with Gasteiger partial charge in [0.15, 0.2) is 0 Å². The molecule has 0 saturated carbocycles. The third-order valence-electron chi connectivity index (χ3n) is 4.01. The van der Waals surface area contributed by atoms with Crippen LogP contribution < -0.4 is 5.32 Å². The molecule has 2 rings (SSSR count). The maximum absolute atomic E-state index is 12.3. The first-order chi connectivity index (χ1) is 10.7. The number of nitrogens with one attached hydrogen (secondary N) is 1. The van der Waals surface area contributed by atoms with E-state index in [-0.39, 0.29) is 18.4 Å². The number of carbonyl (C=O) groups is 2. The second kappa shape index (κ2) is 8.54. The number of carbonyl (C=O) groups excluding carboxylic acids is 1. The van der Waals surface area contributed by atoms with Crippen molar-refractivity contribution in [2.45, 2.75) is 44.7 Å². The summed E-state index contributed by atoms with van der Waals surface area (Å²) in [6, 6.07) is 10.1. The molecule has 1 fully saturated rings. The van der Waals surface area contributed by atoms with Crippen molar-refractivity contribution in [3.8, 4) is 0 Å². The molecule has 1 atom stereocenters. The monoisotopic (exact) mass is 304 g/mol. The number of carboxylic acids is 1. The van der Waals surface area contributed by atoms with Crippen LogP contribution in [0, 0.1) is 0 Å². The molecule has 1 heterocycles. The molecular weight excluding hydrogens is 280 g/mol. The van der Waals surface area contributed by atoms with Gasteiger partial charge in [-0.3, -0.25) is 14.5 Å². The van der Waals surface area contributed by atoms with E-state index in [2.05, 4.69) is 22.3 Å². The average Bonchev–Trinajstić information content (AvgIpc) is 2.95. The molecule has 5 heteroatoms. The van der Waals surface area contributed by atoms with E-state index in [1.807, 2.05) is 18.2 Å². The molecule has 1 aromatic carbocycles. The Bertz CT molecular complexity index is 490. The fourth-order valence-corrected chi connectivity index (χ4v) is 2.86. The number of rotatable bonds is 8. The van der Waals surface area contributed by atoms with Crippen molar-refractivity contribution in [2.75, 3.05) is 13.1 Å². The van der Waals surface area contributed by atoms with E-state index >= 15 is 0 Å². The Morgan fingerprint density at radius 1 is 1.23 bits per heavy atom. The molecular formula is C17H24N2O3. The summed E-state index contributed by atoms with van der Waals surface area (Å²) in [5.41, 5.74) is 1.23. The maximum Gasteiger partial charge on any atom is 0.303 e. The molecule has 2 N–H and O–H groups in total. The lowest BCUT2D eigenvalue weighted by molar-refractivity contribution is -0.137. The van der Waals surface area contributed by atoms with Crippen molar-refractivity contribution < 1.29 is 14.7 Å². The second-order valence-electron chi connectivity index (χ2n) is 5.76. The minimum atomic E-state index is -0.781. The molecule has 0 aliphatic carbocycles. The topological polar surface area (TPSA) is 69.6 Å². The van der Waals surface area contributed by atoms with E-state index in [1.165, 1.54) is 5.56 Å². The standard InChI is InChI=1S/C17H24N2O3/c20-16(21)10-4-5-11-18-17(22)15-9-6-12-19(15)13-14-7-2-1-3-8-14/h1-3,7-8,15H,4-6,9-13H2,(H,18,22)(H,20,21). The van der Waals surface area contributed by atoms with E-state index in [4.69, 9.17) is 5.11 Å². The van der Waals surface area contributed by atoms with E-state index in [9.17, 15) is 9.59 Å². The normalized spacial score (nSPS) is 18.3. The van der Waals surface area contributed by atoms with Crippen LogP contribution in [0.3, 0.4) is 0 Å². The Balaban J connectivity index is 1.75. The highest BCUT2D eigenvalue weighted by molar-refractivity contribution is 5.82. The van der Waals surface area contributed by atoms with Crippen LogP contribution in [-0.2, 0) is 16.1 Å². The molecule has 0 bridgehead atoms. The van der Waals surface area contributed by atoms with E-state index in [0.717, 1.165) is 25.9 Å². The molecule has 1 saturated heterocycles. The Morgan fingerprint density at radius 2 is 2.00 bits per heavy atom. The van der Waals surface area contributed by atoms with E-state index in [0.29, 0.717) is 19.4 Å². The van der Waals surface area contributed by atoms with Gasteiger partial charge in [-0.2, -0.15) is 0 Å². The number of benzene rings is 1. The minimum Gasteiger partial charge on any atom is -0.481 e. The minimum absolute atomic E-state index is 0.0559. The fraction of sp³-hybridized carbons (Fsp3) is 0.529. The second-order valence-corrected chi connectivity index (χ2v) is 5.76. The molecule has 1 amide bonds. The molecule has 5 nitrogen and oxygen atoms in total. The summed E-state index contributed by atoms with van der Waals surface area (Å²) < 4.78 is 0. The Kier molecular flexibility index (Phi) is 6.40. The molecule has 1 aliphatic heterocycles. The van der Waals surface area contributed by atoms with Gasteiger partial charge in [-0.25, -0.2) is 0 Å². The quantitative estimate of drug-likeness (QED) is 0.721. The summed E-state index contributed by atoms with van der Waals surface area (Å²) in [6.45, 7) is 2.31. The van der Waals surface area contributed by atoms with Gasteiger partial charge in [-0.1, -0.05) is 30.3 Å². The first-order valence-electron chi connectivity index (χ1n) is 7.94. The first-order valence-corrected chi connectivity index (χ1v) is 7.94.